The Bertz CT molecular complexity index is 190. The van der Waals surface area contributed by atoms with Gasteiger partial charge < -0.3 is 10.4 Å². The van der Waals surface area contributed by atoms with Crippen molar-refractivity contribution in [3.05, 3.63) is 0 Å². The third-order valence-corrected chi connectivity index (χ3v) is 5.67. The Balaban J connectivity index is 2.32. The molecule has 0 aliphatic carbocycles. The van der Waals surface area contributed by atoms with E-state index in [1.807, 2.05) is 0 Å². The molecule has 2 N–H and O–H groups in total. The van der Waals surface area contributed by atoms with Crippen molar-refractivity contribution in [3.63, 3.8) is 0 Å². The molecule has 1 aliphatic rings. The summed E-state index contributed by atoms with van der Waals surface area (Å²) in [6.45, 7) is 9.04. The van der Waals surface area contributed by atoms with Crippen LogP contribution >= 0.6 is 11.8 Å². The molecule has 3 heteroatoms. The molecule has 0 aromatic heterocycles. The van der Waals surface area contributed by atoms with Crippen molar-refractivity contribution < 1.29 is 5.11 Å². The van der Waals surface area contributed by atoms with Gasteiger partial charge in [-0.15, -0.1) is 0 Å². The van der Waals surface area contributed by atoms with Crippen molar-refractivity contribution >= 4 is 11.8 Å². The molecule has 0 radical (unpaired) electrons. The third-order valence-electron chi connectivity index (χ3n) is 4.13. The average molecular weight is 245 g/mol. The predicted octanol–water partition coefficient (Wildman–Crippen LogP) is 2.66. The van der Waals surface area contributed by atoms with E-state index >= 15 is 0 Å². The largest absolute Gasteiger partial charge is 0.396 e. The Morgan fingerprint density at radius 1 is 1.38 bits per heavy atom. The van der Waals surface area contributed by atoms with Crippen LogP contribution in [0.2, 0.25) is 0 Å². The molecule has 1 aliphatic heterocycles. The summed E-state index contributed by atoms with van der Waals surface area (Å²) < 4.78 is 0.433. The molecule has 0 bridgehead atoms. The summed E-state index contributed by atoms with van der Waals surface area (Å²) in [7, 11) is 0. The van der Waals surface area contributed by atoms with Gasteiger partial charge in [-0.1, -0.05) is 13.8 Å². The Hall–Kier alpha value is 0.270. The minimum absolute atomic E-state index is 0.0969. The number of aliphatic hydroxyl groups excluding tert-OH is 1. The second kappa shape index (κ2) is 6.27. The number of rotatable bonds is 7. The summed E-state index contributed by atoms with van der Waals surface area (Å²) in [5.41, 5.74) is 0.0969. The highest BCUT2D eigenvalue weighted by molar-refractivity contribution is 8.00. The second-order valence-corrected chi connectivity index (χ2v) is 7.05. The van der Waals surface area contributed by atoms with Gasteiger partial charge in [-0.25, -0.2) is 0 Å². The third kappa shape index (κ3) is 3.64. The molecule has 2 nitrogen and oxygen atoms in total. The van der Waals surface area contributed by atoms with E-state index in [9.17, 15) is 5.11 Å². The smallest absolute Gasteiger partial charge is 0.0499 e. The lowest BCUT2D eigenvalue weighted by molar-refractivity contribution is 0.112. The van der Waals surface area contributed by atoms with Crippen molar-refractivity contribution in [2.45, 2.75) is 51.2 Å². The molecule has 1 atom stereocenters. The van der Waals surface area contributed by atoms with E-state index in [0.29, 0.717) is 11.4 Å². The summed E-state index contributed by atoms with van der Waals surface area (Å²) in [4.78, 5) is 0. The zero-order valence-corrected chi connectivity index (χ0v) is 11.8. The first-order valence-electron chi connectivity index (χ1n) is 6.55. The molecule has 0 amide bonds. The van der Waals surface area contributed by atoms with Crippen LogP contribution in [0.15, 0.2) is 0 Å². The standard InChI is InChI=1S/C13H27NOS/c1-4-13(5-2,11-15)10-14-9-12(3)7-6-8-16-12/h14-15H,4-11H2,1-3H3. The number of hydrogen-bond acceptors (Lipinski definition) is 3. The van der Waals surface area contributed by atoms with E-state index in [4.69, 9.17) is 0 Å². The fourth-order valence-corrected chi connectivity index (χ4v) is 3.62. The van der Waals surface area contributed by atoms with E-state index < -0.39 is 0 Å². The molecule has 1 unspecified atom stereocenters. The van der Waals surface area contributed by atoms with Crippen LogP contribution in [0.25, 0.3) is 0 Å². The van der Waals surface area contributed by atoms with Crippen LogP contribution < -0.4 is 5.32 Å². The highest BCUT2D eigenvalue weighted by atomic mass is 32.2. The van der Waals surface area contributed by atoms with Crippen molar-refractivity contribution in [2.75, 3.05) is 25.4 Å². The minimum Gasteiger partial charge on any atom is -0.396 e. The fraction of sp³-hybridized carbons (Fsp3) is 1.00. The Morgan fingerprint density at radius 3 is 2.50 bits per heavy atom. The highest BCUT2D eigenvalue weighted by Crippen LogP contribution is 2.37. The fourth-order valence-electron chi connectivity index (χ4n) is 2.35. The van der Waals surface area contributed by atoms with Gasteiger partial charge in [-0.2, -0.15) is 11.8 Å². The summed E-state index contributed by atoms with van der Waals surface area (Å²) in [5, 5.41) is 13.1. The number of nitrogens with one attached hydrogen (secondary N) is 1. The van der Waals surface area contributed by atoms with Crippen LogP contribution in [0.3, 0.4) is 0 Å². The first-order chi connectivity index (χ1) is 7.60. The van der Waals surface area contributed by atoms with Gasteiger partial charge in [-0.05, 0) is 38.4 Å². The maximum atomic E-state index is 9.49. The molecule has 0 saturated carbocycles. The number of aliphatic hydroxyl groups is 1. The normalized spacial score (nSPS) is 26.2. The highest BCUT2D eigenvalue weighted by Gasteiger charge is 2.31. The molecule has 0 aromatic carbocycles. The van der Waals surface area contributed by atoms with Gasteiger partial charge in [0, 0.05) is 29.9 Å². The first-order valence-corrected chi connectivity index (χ1v) is 7.54. The molecule has 1 saturated heterocycles. The van der Waals surface area contributed by atoms with Crippen LogP contribution in [-0.2, 0) is 0 Å². The van der Waals surface area contributed by atoms with Gasteiger partial charge in [0.05, 0.1) is 0 Å². The first kappa shape index (κ1) is 14.3. The van der Waals surface area contributed by atoms with Gasteiger partial charge in [0.15, 0.2) is 0 Å². The SMILES string of the molecule is CCC(CC)(CO)CNCC1(C)CCCS1. The predicted molar refractivity (Wildman–Crippen MR) is 73.1 cm³/mol. The molecular weight excluding hydrogens is 218 g/mol. The van der Waals surface area contributed by atoms with Crippen LogP contribution in [0.5, 0.6) is 0 Å². The summed E-state index contributed by atoms with van der Waals surface area (Å²) >= 11 is 2.09. The lowest BCUT2D eigenvalue weighted by atomic mass is 9.83. The molecule has 0 spiro atoms. The molecule has 1 rings (SSSR count). The van der Waals surface area contributed by atoms with Gasteiger partial charge in [0.2, 0.25) is 0 Å². The lowest BCUT2D eigenvalue weighted by Crippen LogP contribution is -2.41. The van der Waals surface area contributed by atoms with Gasteiger partial charge in [-0.3, -0.25) is 0 Å². The van der Waals surface area contributed by atoms with Gasteiger partial charge in [0.1, 0.15) is 0 Å². The van der Waals surface area contributed by atoms with E-state index in [0.717, 1.165) is 25.9 Å². The monoisotopic (exact) mass is 245 g/mol. The van der Waals surface area contributed by atoms with Crippen molar-refractivity contribution in [2.24, 2.45) is 5.41 Å². The van der Waals surface area contributed by atoms with Crippen LogP contribution in [0, 0.1) is 5.41 Å². The second-order valence-electron chi connectivity index (χ2n) is 5.37. The number of hydrogen-bond donors (Lipinski definition) is 2. The summed E-state index contributed by atoms with van der Waals surface area (Å²) in [6, 6.07) is 0. The zero-order valence-electron chi connectivity index (χ0n) is 11.0. The van der Waals surface area contributed by atoms with Gasteiger partial charge >= 0.3 is 0 Å². The maximum Gasteiger partial charge on any atom is 0.0499 e. The van der Waals surface area contributed by atoms with E-state index in [2.05, 4.69) is 37.8 Å². The van der Waals surface area contributed by atoms with Crippen molar-refractivity contribution in [1.82, 2.24) is 5.32 Å². The van der Waals surface area contributed by atoms with E-state index in [1.54, 1.807) is 0 Å². The van der Waals surface area contributed by atoms with Gasteiger partial charge in [0.25, 0.3) is 0 Å². The Kier molecular flexibility index (Phi) is 5.62. The Labute approximate surface area is 105 Å². The van der Waals surface area contributed by atoms with Crippen LogP contribution in [-0.4, -0.2) is 35.3 Å². The lowest BCUT2D eigenvalue weighted by Gasteiger charge is -2.32. The number of thioether (sulfide) groups is 1. The van der Waals surface area contributed by atoms with Crippen LogP contribution in [0.4, 0.5) is 0 Å². The molecule has 96 valence electrons. The maximum absolute atomic E-state index is 9.49. The summed E-state index contributed by atoms with van der Waals surface area (Å²) in [5.74, 6) is 1.31. The average Bonchev–Trinajstić information content (AvgIpc) is 2.73. The minimum atomic E-state index is 0.0969. The van der Waals surface area contributed by atoms with E-state index in [-0.39, 0.29) is 5.41 Å². The van der Waals surface area contributed by atoms with E-state index in [1.165, 1.54) is 18.6 Å². The Morgan fingerprint density at radius 2 is 2.06 bits per heavy atom. The van der Waals surface area contributed by atoms with Crippen LogP contribution in [0.1, 0.15) is 46.5 Å². The van der Waals surface area contributed by atoms with Crippen molar-refractivity contribution in [3.8, 4) is 0 Å². The van der Waals surface area contributed by atoms with Crippen molar-refractivity contribution in [1.29, 1.82) is 0 Å². The topological polar surface area (TPSA) is 32.3 Å². The molecule has 16 heavy (non-hydrogen) atoms. The quantitative estimate of drug-likeness (QED) is 0.723. The molecule has 0 aromatic rings. The summed E-state index contributed by atoms with van der Waals surface area (Å²) in [6.07, 6.45) is 4.79. The molecule has 1 heterocycles. The zero-order chi connectivity index (χ0) is 12.1. The molecular formula is C13H27NOS. The molecule has 1 fully saturated rings.